The molecular weight excluding hydrogens is 257 g/mol. The van der Waals surface area contributed by atoms with Gasteiger partial charge in [-0.1, -0.05) is 6.42 Å². The van der Waals surface area contributed by atoms with Crippen LogP contribution in [0.4, 0.5) is 0 Å². The van der Waals surface area contributed by atoms with E-state index in [1.165, 1.54) is 0 Å². The summed E-state index contributed by atoms with van der Waals surface area (Å²) in [5.74, 6) is -0.876. The van der Waals surface area contributed by atoms with Gasteiger partial charge in [0.1, 0.15) is 0 Å². The molecule has 2 radical (unpaired) electrons. The highest BCUT2D eigenvalue weighted by atomic mass is 16.4. The molecule has 0 aromatic carbocycles. The molecule has 0 fully saturated rings. The van der Waals surface area contributed by atoms with Crippen molar-refractivity contribution in [2.75, 3.05) is 20.1 Å². The van der Waals surface area contributed by atoms with Gasteiger partial charge in [0.15, 0.2) is 7.98 Å². The van der Waals surface area contributed by atoms with E-state index in [2.05, 4.69) is 15.9 Å². The molecular formula is C13H26BN3O3. The number of hydrogen-bond acceptors (Lipinski definition) is 4. The molecule has 0 saturated carbocycles. The van der Waals surface area contributed by atoms with Gasteiger partial charge >= 0.3 is 5.97 Å². The Bertz CT molecular complexity index is 278. The minimum atomic E-state index is -0.946. The summed E-state index contributed by atoms with van der Waals surface area (Å²) < 4.78 is 0. The lowest BCUT2D eigenvalue weighted by Gasteiger charge is -2.11. The zero-order chi connectivity index (χ0) is 15.2. The monoisotopic (exact) mass is 283 g/mol. The molecule has 7 heteroatoms. The maximum absolute atomic E-state index is 11.5. The van der Waals surface area contributed by atoms with Crippen LogP contribution < -0.4 is 15.9 Å². The summed E-state index contributed by atoms with van der Waals surface area (Å²) in [5, 5.41) is 16.9. The Morgan fingerprint density at radius 3 is 2.40 bits per heavy atom. The normalized spacial score (nSPS) is 12.1. The zero-order valence-corrected chi connectivity index (χ0v) is 12.3. The third-order valence-electron chi connectivity index (χ3n) is 3.07. The summed E-state index contributed by atoms with van der Waals surface area (Å²) in [6, 6.07) is -0.710. The smallest absolute Gasteiger partial charge is 0.319 e. The zero-order valence-electron chi connectivity index (χ0n) is 12.3. The lowest BCUT2D eigenvalue weighted by atomic mass is 10.1. The van der Waals surface area contributed by atoms with Crippen molar-refractivity contribution in [2.45, 2.75) is 51.0 Å². The Morgan fingerprint density at radius 1 is 1.10 bits per heavy atom. The molecule has 1 atom stereocenters. The molecule has 114 valence electrons. The maximum Gasteiger partial charge on any atom is 0.319 e. The molecule has 0 aliphatic carbocycles. The minimum Gasteiger partial charge on any atom is -0.480 e. The average Bonchev–Trinajstić information content (AvgIpc) is 2.42. The fourth-order valence-electron chi connectivity index (χ4n) is 1.83. The van der Waals surface area contributed by atoms with Crippen LogP contribution in [0.3, 0.4) is 0 Å². The summed E-state index contributed by atoms with van der Waals surface area (Å²) in [4.78, 5) is 22.2. The number of hydrogen-bond donors (Lipinski definition) is 4. The summed E-state index contributed by atoms with van der Waals surface area (Å²) in [7, 11) is 7.04. The number of nitrogens with one attached hydrogen (secondary N) is 3. The maximum atomic E-state index is 11.5. The first-order valence-electron chi connectivity index (χ1n) is 7.22. The Balaban J connectivity index is 3.41. The Hall–Kier alpha value is -1.08. The molecule has 0 aromatic heterocycles. The molecule has 20 heavy (non-hydrogen) atoms. The summed E-state index contributed by atoms with van der Waals surface area (Å²) in [5.41, 5.74) is 0. The van der Waals surface area contributed by atoms with Crippen molar-refractivity contribution in [3.8, 4) is 0 Å². The number of carbonyl (C=O) groups excluding carboxylic acids is 1. The fourth-order valence-corrected chi connectivity index (χ4v) is 1.83. The average molecular weight is 283 g/mol. The van der Waals surface area contributed by atoms with Gasteiger partial charge in [-0.2, -0.15) is 0 Å². The Kier molecular flexibility index (Phi) is 12.2. The van der Waals surface area contributed by atoms with E-state index in [0.29, 0.717) is 25.8 Å². The fraction of sp³-hybridized carbons (Fsp3) is 0.846. The van der Waals surface area contributed by atoms with E-state index in [1.54, 1.807) is 0 Å². The third kappa shape index (κ3) is 10.8. The van der Waals surface area contributed by atoms with Crippen LogP contribution in [0.1, 0.15) is 44.9 Å². The van der Waals surface area contributed by atoms with Crippen molar-refractivity contribution in [1.29, 1.82) is 0 Å². The van der Waals surface area contributed by atoms with E-state index in [4.69, 9.17) is 13.1 Å². The van der Waals surface area contributed by atoms with Crippen LogP contribution in [0, 0.1) is 0 Å². The topological polar surface area (TPSA) is 90.5 Å². The molecule has 1 amide bonds. The van der Waals surface area contributed by atoms with Gasteiger partial charge in [-0.3, -0.25) is 9.59 Å². The van der Waals surface area contributed by atoms with Crippen LogP contribution in [0.15, 0.2) is 0 Å². The number of amides is 1. The van der Waals surface area contributed by atoms with Crippen LogP contribution >= 0.6 is 0 Å². The Labute approximate surface area is 122 Å². The van der Waals surface area contributed by atoms with Crippen LogP contribution in [0.25, 0.3) is 0 Å². The van der Waals surface area contributed by atoms with Crippen molar-refractivity contribution < 1.29 is 14.7 Å². The molecule has 0 aromatic rings. The van der Waals surface area contributed by atoms with Crippen LogP contribution in [-0.2, 0) is 9.59 Å². The predicted molar refractivity (Wildman–Crippen MR) is 79.6 cm³/mol. The number of carboxylic acids is 1. The molecule has 0 heterocycles. The van der Waals surface area contributed by atoms with Crippen molar-refractivity contribution in [3.05, 3.63) is 0 Å². The summed E-state index contributed by atoms with van der Waals surface area (Å²) in [6.07, 6.45) is 5.55. The first-order valence-corrected chi connectivity index (χ1v) is 7.22. The number of carbonyl (C=O) groups is 2. The molecule has 0 rings (SSSR count). The second-order valence-electron chi connectivity index (χ2n) is 4.82. The van der Waals surface area contributed by atoms with Crippen molar-refractivity contribution >= 4 is 19.9 Å². The van der Waals surface area contributed by atoms with E-state index in [0.717, 1.165) is 32.2 Å². The highest BCUT2D eigenvalue weighted by molar-refractivity contribution is 6.06. The van der Waals surface area contributed by atoms with Crippen molar-refractivity contribution in [2.24, 2.45) is 0 Å². The lowest BCUT2D eigenvalue weighted by Crippen LogP contribution is -2.34. The quantitative estimate of drug-likeness (QED) is 0.286. The highest BCUT2D eigenvalue weighted by Crippen LogP contribution is 2.01. The van der Waals surface area contributed by atoms with Gasteiger partial charge in [-0.05, 0) is 45.7 Å². The first kappa shape index (κ1) is 18.9. The van der Waals surface area contributed by atoms with Gasteiger partial charge < -0.3 is 21.0 Å². The lowest BCUT2D eigenvalue weighted by molar-refractivity contribution is -0.139. The van der Waals surface area contributed by atoms with Gasteiger partial charge in [-0.15, -0.1) is 0 Å². The number of rotatable bonds is 13. The van der Waals surface area contributed by atoms with Gasteiger partial charge in [-0.25, -0.2) is 0 Å². The van der Waals surface area contributed by atoms with Gasteiger partial charge in [0.2, 0.25) is 5.91 Å². The standard InChI is InChI=1S/C13H26BN3O3/c1-15-9-5-2-3-8-12(18)16-10-6-4-7-11(17-14)13(19)20/h11,15,17H,2-10H2,1H3,(H,16,18)(H,19,20). The highest BCUT2D eigenvalue weighted by Gasteiger charge is 2.13. The largest absolute Gasteiger partial charge is 0.480 e. The molecule has 0 aliphatic heterocycles. The molecule has 0 aliphatic rings. The van der Waals surface area contributed by atoms with Crippen molar-refractivity contribution in [1.82, 2.24) is 15.9 Å². The predicted octanol–water partition coefficient (Wildman–Crippen LogP) is 0.179. The molecule has 6 nitrogen and oxygen atoms in total. The molecule has 1 unspecified atom stereocenters. The third-order valence-corrected chi connectivity index (χ3v) is 3.07. The van der Waals surface area contributed by atoms with Gasteiger partial charge in [0.25, 0.3) is 0 Å². The number of aliphatic carboxylic acids is 1. The summed E-state index contributed by atoms with van der Waals surface area (Å²) >= 11 is 0. The second kappa shape index (κ2) is 12.9. The number of unbranched alkanes of at least 4 members (excludes halogenated alkanes) is 3. The molecule has 0 bridgehead atoms. The van der Waals surface area contributed by atoms with E-state index in [9.17, 15) is 9.59 Å². The van der Waals surface area contributed by atoms with Crippen LogP contribution in [0.2, 0.25) is 0 Å². The van der Waals surface area contributed by atoms with Gasteiger partial charge in [0.05, 0.1) is 6.04 Å². The van der Waals surface area contributed by atoms with Crippen molar-refractivity contribution in [3.63, 3.8) is 0 Å². The number of carboxylic acid groups (broad SMARTS) is 1. The van der Waals surface area contributed by atoms with E-state index < -0.39 is 12.0 Å². The van der Waals surface area contributed by atoms with Crippen LogP contribution in [0.5, 0.6) is 0 Å². The molecule has 0 saturated heterocycles. The Morgan fingerprint density at radius 2 is 1.80 bits per heavy atom. The van der Waals surface area contributed by atoms with E-state index >= 15 is 0 Å². The first-order chi connectivity index (χ1) is 9.61. The molecule has 4 N–H and O–H groups in total. The SMILES string of the molecule is [B]NC(CCCCNC(=O)CCCCCNC)C(=O)O. The van der Waals surface area contributed by atoms with Crippen LogP contribution in [-0.4, -0.2) is 51.1 Å². The van der Waals surface area contributed by atoms with E-state index in [1.807, 2.05) is 7.05 Å². The summed E-state index contributed by atoms with van der Waals surface area (Å²) in [6.45, 7) is 1.58. The second-order valence-corrected chi connectivity index (χ2v) is 4.82. The van der Waals surface area contributed by atoms with E-state index in [-0.39, 0.29) is 5.91 Å². The van der Waals surface area contributed by atoms with Gasteiger partial charge in [0, 0.05) is 13.0 Å². The minimum absolute atomic E-state index is 0.0705. The molecule has 0 spiro atoms.